The molecule has 0 amide bonds. The first-order chi connectivity index (χ1) is 20.9. The predicted molar refractivity (Wildman–Crippen MR) is 164 cm³/mol. The third kappa shape index (κ3) is 8.80. The van der Waals surface area contributed by atoms with E-state index in [2.05, 4.69) is 34.4 Å². The Morgan fingerprint density at radius 3 is 2.50 bits per heavy atom. The first-order valence-corrected chi connectivity index (χ1v) is 16.2. The van der Waals surface area contributed by atoms with Crippen LogP contribution in [0.4, 0.5) is 28.9 Å². The number of nitrogens with one attached hydrogen (secondary N) is 2. The summed E-state index contributed by atoms with van der Waals surface area (Å²) < 4.78 is 88.8. The lowest BCUT2D eigenvalue weighted by Crippen LogP contribution is -2.39. The summed E-state index contributed by atoms with van der Waals surface area (Å²) in [6, 6.07) is 11.6. The quantitative estimate of drug-likeness (QED) is 0.195. The number of fused-ring (bicyclic) bond motifs is 1. The van der Waals surface area contributed by atoms with E-state index in [4.69, 9.17) is 9.47 Å². The number of alkyl halides is 4. The average molecular weight is 639 g/mol. The number of sulfone groups is 1. The lowest BCUT2D eigenvalue weighted by Gasteiger charge is -2.35. The Morgan fingerprint density at radius 2 is 1.84 bits per heavy atom. The molecule has 1 aliphatic rings. The van der Waals surface area contributed by atoms with Crippen molar-refractivity contribution in [2.45, 2.75) is 55.4 Å². The molecule has 0 atom stereocenters. The molecule has 1 aliphatic carbocycles. The predicted octanol–water partition coefficient (Wildman–Crippen LogP) is 5.68. The maximum atomic E-state index is 13.6. The summed E-state index contributed by atoms with van der Waals surface area (Å²) in [5.74, 6) is 5.66. The number of halogens is 4. The zero-order valence-electron chi connectivity index (χ0n) is 25.0. The average Bonchev–Trinajstić information content (AvgIpc) is 3.31. The highest BCUT2D eigenvalue weighted by molar-refractivity contribution is 7.90. The van der Waals surface area contributed by atoms with Gasteiger partial charge in [0.1, 0.15) is 12.3 Å². The van der Waals surface area contributed by atoms with Crippen LogP contribution in [-0.2, 0) is 21.1 Å². The lowest BCUT2D eigenvalue weighted by molar-refractivity contribution is -0.140. The standard InChI is InChI=1S/C31H38F4N4O4S/c1-38(16-17-42-2)23-11-9-22(10-12-23)37-27-7-4-8-29-26(27)18-24(39(29)20-31(33,34)35)6-5-15-36-28-14-13-25(44(3,40)41)19-30(28)43-21-32/h4,7-8,13-14,18-19,22-23,36-37H,9-12,15-17,20-21H2,1-3H3/t22-,23+. The first-order valence-electron chi connectivity index (χ1n) is 14.3. The Hall–Kier alpha value is -3.47. The van der Waals surface area contributed by atoms with Gasteiger partial charge in [0.05, 0.1) is 34.9 Å². The Bertz CT molecular complexity index is 1590. The second-order valence-electron chi connectivity index (χ2n) is 10.9. The molecule has 13 heteroatoms. The summed E-state index contributed by atoms with van der Waals surface area (Å²) in [6.07, 6.45) is 0.481. The molecule has 240 valence electrons. The van der Waals surface area contributed by atoms with Gasteiger partial charge in [0.2, 0.25) is 6.86 Å². The minimum absolute atomic E-state index is 0.0123. The van der Waals surface area contributed by atoms with Crippen LogP contribution in [0.1, 0.15) is 31.4 Å². The van der Waals surface area contributed by atoms with Crippen molar-refractivity contribution in [2.75, 3.05) is 57.6 Å². The molecule has 8 nitrogen and oxygen atoms in total. The van der Waals surface area contributed by atoms with E-state index >= 15 is 0 Å². The molecule has 4 rings (SSSR count). The number of hydrogen-bond donors (Lipinski definition) is 2. The lowest BCUT2D eigenvalue weighted by atomic mass is 9.90. The van der Waals surface area contributed by atoms with Gasteiger partial charge in [-0.2, -0.15) is 13.2 Å². The number of aromatic nitrogens is 1. The molecule has 0 unspecified atom stereocenters. The van der Waals surface area contributed by atoms with E-state index in [9.17, 15) is 26.0 Å². The van der Waals surface area contributed by atoms with Crippen molar-refractivity contribution in [1.29, 1.82) is 0 Å². The van der Waals surface area contributed by atoms with Gasteiger partial charge in [-0.05, 0) is 69.0 Å². The zero-order chi connectivity index (χ0) is 31.9. The molecule has 1 fully saturated rings. The van der Waals surface area contributed by atoms with Gasteiger partial charge < -0.3 is 29.6 Å². The molecule has 3 aromatic rings. The van der Waals surface area contributed by atoms with Gasteiger partial charge in [-0.15, -0.1) is 0 Å². The second-order valence-corrected chi connectivity index (χ2v) is 12.9. The second kappa shape index (κ2) is 14.5. The van der Waals surface area contributed by atoms with Crippen LogP contribution in [0.3, 0.4) is 0 Å². The topological polar surface area (TPSA) is 84.8 Å². The fourth-order valence-electron chi connectivity index (χ4n) is 5.49. The van der Waals surface area contributed by atoms with E-state index in [0.29, 0.717) is 29.2 Å². The summed E-state index contributed by atoms with van der Waals surface area (Å²) in [5.41, 5.74) is 1.68. The number of anilines is 2. The molecule has 0 spiro atoms. The van der Waals surface area contributed by atoms with E-state index in [1.807, 2.05) is 6.07 Å². The molecule has 0 aliphatic heterocycles. The number of nitrogens with zero attached hydrogens (tertiary/aromatic N) is 2. The molecule has 2 N–H and O–H groups in total. The van der Waals surface area contributed by atoms with E-state index < -0.39 is 29.4 Å². The van der Waals surface area contributed by atoms with Crippen LogP contribution < -0.4 is 15.4 Å². The van der Waals surface area contributed by atoms with Crippen molar-refractivity contribution in [2.24, 2.45) is 0 Å². The van der Waals surface area contributed by atoms with Gasteiger partial charge in [0.15, 0.2) is 9.84 Å². The summed E-state index contributed by atoms with van der Waals surface area (Å²) >= 11 is 0. The Kier molecular flexibility index (Phi) is 11.0. The van der Waals surface area contributed by atoms with Crippen LogP contribution in [0.15, 0.2) is 47.4 Å². The molecule has 0 radical (unpaired) electrons. The maximum absolute atomic E-state index is 13.6. The largest absolute Gasteiger partial charge is 0.461 e. The molecule has 0 bridgehead atoms. The van der Waals surface area contributed by atoms with Crippen molar-refractivity contribution in [1.82, 2.24) is 9.47 Å². The Morgan fingerprint density at radius 1 is 1.09 bits per heavy atom. The number of methoxy groups -OCH3 is 1. The molecule has 44 heavy (non-hydrogen) atoms. The number of ether oxygens (including phenoxy) is 2. The SMILES string of the molecule is COCCN(C)[C@H]1CC[C@@H](Nc2cccc3c2cc(C#CCNc2ccc(S(C)(=O)=O)cc2OCF)n3CC(F)(F)F)CC1. The van der Waals surface area contributed by atoms with E-state index in [1.54, 1.807) is 25.3 Å². The number of rotatable bonds is 12. The number of hydrogen-bond acceptors (Lipinski definition) is 7. The summed E-state index contributed by atoms with van der Waals surface area (Å²) in [5, 5.41) is 7.14. The molecule has 0 saturated heterocycles. The van der Waals surface area contributed by atoms with Crippen LogP contribution in [0.5, 0.6) is 5.75 Å². The van der Waals surface area contributed by atoms with Crippen molar-refractivity contribution in [3.8, 4) is 17.6 Å². The molecule has 1 saturated carbocycles. The van der Waals surface area contributed by atoms with Crippen LogP contribution in [-0.4, -0.2) is 83.1 Å². The van der Waals surface area contributed by atoms with E-state index in [0.717, 1.165) is 48.7 Å². The number of benzene rings is 2. The molecule has 1 heterocycles. The summed E-state index contributed by atoms with van der Waals surface area (Å²) in [7, 11) is 0.252. The third-order valence-corrected chi connectivity index (χ3v) is 8.90. The monoisotopic (exact) mass is 638 g/mol. The smallest absolute Gasteiger partial charge is 0.406 e. The fourth-order valence-corrected chi connectivity index (χ4v) is 6.13. The van der Waals surface area contributed by atoms with Gasteiger partial charge in [-0.1, -0.05) is 12.0 Å². The van der Waals surface area contributed by atoms with E-state index in [1.165, 1.54) is 18.2 Å². The zero-order valence-corrected chi connectivity index (χ0v) is 25.8. The van der Waals surface area contributed by atoms with Crippen molar-refractivity contribution in [3.05, 3.63) is 48.2 Å². The highest BCUT2D eigenvalue weighted by Gasteiger charge is 2.30. The highest BCUT2D eigenvalue weighted by Crippen LogP contribution is 2.33. The Labute approximate surface area is 255 Å². The van der Waals surface area contributed by atoms with Gasteiger partial charge in [0, 0.05) is 49.1 Å². The van der Waals surface area contributed by atoms with Gasteiger partial charge >= 0.3 is 6.18 Å². The number of likely N-dealkylation sites (N-methyl/N-ethyl adjacent to an activating group) is 1. The van der Waals surface area contributed by atoms with Crippen LogP contribution >= 0.6 is 0 Å². The highest BCUT2D eigenvalue weighted by atomic mass is 32.2. The van der Waals surface area contributed by atoms with Gasteiger partial charge in [-0.3, -0.25) is 0 Å². The van der Waals surface area contributed by atoms with E-state index in [-0.39, 0.29) is 28.9 Å². The van der Waals surface area contributed by atoms with Gasteiger partial charge in [-0.25, -0.2) is 12.8 Å². The normalized spacial score (nSPS) is 17.4. The van der Waals surface area contributed by atoms with Crippen LogP contribution in [0.2, 0.25) is 0 Å². The van der Waals surface area contributed by atoms with Crippen molar-refractivity contribution >= 4 is 32.1 Å². The summed E-state index contributed by atoms with van der Waals surface area (Å²) in [4.78, 5) is 2.28. The maximum Gasteiger partial charge on any atom is 0.406 e. The third-order valence-electron chi connectivity index (χ3n) is 7.79. The van der Waals surface area contributed by atoms with Crippen molar-refractivity contribution in [3.63, 3.8) is 0 Å². The van der Waals surface area contributed by atoms with Gasteiger partial charge in [0.25, 0.3) is 0 Å². The minimum Gasteiger partial charge on any atom is -0.461 e. The minimum atomic E-state index is -4.46. The molecular formula is C31H38F4N4O4S. The van der Waals surface area contributed by atoms with Crippen LogP contribution in [0, 0.1) is 11.8 Å². The molecule has 2 aromatic carbocycles. The first kappa shape index (κ1) is 33.4. The Balaban J connectivity index is 1.53. The molecular weight excluding hydrogens is 600 g/mol. The molecule has 1 aromatic heterocycles. The summed E-state index contributed by atoms with van der Waals surface area (Å²) in [6.45, 7) is -0.833. The fraction of sp³-hybridized carbons (Fsp3) is 0.484. The van der Waals surface area contributed by atoms with Crippen LogP contribution in [0.25, 0.3) is 10.9 Å². The van der Waals surface area contributed by atoms with Crippen molar-refractivity contribution < 1.29 is 35.5 Å².